The lowest BCUT2D eigenvalue weighted by Crippen LogP contribution is -2.51. The highest BCUT2D eigenvalue weighted by Gasteiger charge is 2.31. The summed E-state index contributed by atoms with van der Waals surface area (Å²) >= 11 is 0. The van der Waals surface area contributed by atoms with E-state index in [4.69, 9.17) is 4.74 Å². The molecule has 31 heavy (non-hydrogen) atoms. The number of imidazole rings is 1. The van der Waals surface area contributed by atoms with Gasteiger partial charge in [-0.3, -0.25) is 9.69 Å². The summed E-state index contributed by atoms with van der Waals surface area (Å²) < 4.78 is 31.3. The van der Waals surface area contributed by atoms with Crippen molar-refractivity contribution in [2.75, 3.05) is 44.4 Å². The number of hydrogen-bond donors (Lipinski definition) is 1. The smallest absolute Gasteiger partial charge is 0.251 e. The molecule has 2 aliphatic rings. The summed E-state index contributed by atoms with van der Waals surface area (Å²) in [7, 11) is -2.99. The predicted molar refractivity (Wildman–Crippen MR) is 120 cm³/mol. The molecule has 0 radical (unpaired) electrons. The second-order valence-electron chi connectivity index (χ2n) is 8.96. The first-order valence-electron chi connectivity index (χ1n) is 11.0. The molecule has 0 spiro atoms. The Morgan fingerprint density at radius 1 is 1.29 bits per heavy atom. The van der Waals surface area contributed by atoms with Crippen LogP contribution in [-0.4, -0.2) is 79.2 Å². The van der Waals surface area contributed by atoms with Crippen molar-refractivity contribution in [3.63, 3.8) is 0 Å². The highest BCUT2D eigenvalue weighted by Crippen LogP contribution is 2.29. The van der Waals surface area contributed by atoms with Gasteiger partial charge in [-0.15, -0.1) is 0 Å². The van der Waals surface area contributed by atoms with Crippen LogP contribution >= 0.6 is 0 Å². The fourth-order valence-corrected chi connectivity index (χ4v) is 6.50. The monoisotopic (exact) mass is 448 g/mol. The van der Waals surface area contributed by atoms with Gasteiger partial charge in [-0.1, -0.05) is 13.8 Å². The Kier molecular flexibility index (Phi) is 6.37. The lowest BCUT2D eigenvalue weighted by atomic mass is 10.0. The molecule has 2 fully saturated rings. The molecule has 0 saturated carbocycles. The van der Waals surface area contributed by atoms with Gasteiger partial charge in [0.2, 0.25) is 0 Å². The lowest BCUT2D eigenvalue weighted by Gasteiger charge is -2.36. The SMILES string of the molecule is Cc1nc2cc(C(=O)NCC(C(C)C)N3CCOCC3)ccc2n1C1CCS(=O)(=O)C1. The van der Waals surface area contributed by atoms with Crippen LogP contribution in [0.1, 0.15) is 42.5 Å². The molecule has 2 aromatic rings. The third-order valence-electron chi connectivity index (χ3n) is 6.46. The highest BCUT2D eigenvalue weighted by atomic mass is 32.2. The van der Waals surface area contributed by atoms with Crippen LogP contribution in [0, 0.1) is 12.8 Å². The Morgan fingerprint density at radius 3 is 2.68 bits per heavy atom. The number of carbonyl (C=O) groups excluding carboxylic acids is 1. The molecular formula is C22H32N4O4S. The summed E-state index contributed by atoms with van der Waals surface area (Å²) in [5, 5.41) is 3.09. The van der Waals surface area contributed by atoms with E-state index >= 15 is 0 Å². The Morgan fingerprint density at radius 2 is 2.03 bits per heavy atom. The summed E-state index contributed by atoms with van der Waals surface area (Å²) in [6, 6.07) is 5.67. The summed E-state index contributed by atoms with van der Waals surface area (Å²) in [6.45, 7) is 10.1. The maximum Gasteiger partial charge on any atom is 0.251 e. The molecule has 9 heteroatoms. The molecular weight excluding hydrogens is 416 g/mol. The number of aryl methyl sites for hydroxylation is 1. The summed E-state index contributed by atoms with van der Waals surface area (Å²) in [5.41, 5.74) is 2.17. The Balaban J connectivity index is 1.48. The fraction of sp³-hybridized carbons (Fsp3) is 0.636. The minimum Gasteiger partial charge on any atom is -0.379 e. The minimum absolute atomic E-state index is 0.0880. The zero-order valence-corrected chi connectivity index (χ0v) is 19.3. The summed E-state index contributed by atoms with van der Waals surface area (Å²) in [5.74, 6) is 1.46. The number of ether oxygens (including phenoxy) is 1. The minimum atomic E-state index is -2.99. The van der Waals surface area contributed by atoms with Gasteiger partial charge in [-0.25, -0.2) is 13.4 Å². The van der Waals surface area contributed by atoms with Crippen molar-refractivity contribution in [3.8, 4) is 0 Å². The number of morpholine rings is 1. The van der Waals surface area contributed by atoms with Crippen LogP contribution < -0.4 is 5.32 Å². The molecule has 8 nitrogen and oxygen atoms in total. The number of nitrogens with zero attached hydrogens (tertiary/aromatic N) is 3. The lowest BCUT2D eigenvalue weighted by molar-refractivity contribution is 0.00673. The number of sulfone groups is 1. The quantitative estimate of drug-likeness (QED) is 0.724. The van der Waals surface area contributed by atoms with Crippen molar-refractivity contribution in [2.24, 2.45) is 5.92 Å². The molecule has 170 valence electrons. The molecule has 2 unspecified atom stereocenters. The van der Waals surface area contributed by atoms with Crippen molar-refractivity contribution in [2.45, 2.75) is 39.3 Å². The predicted octanol–water partition coefficient (Wildman–Crippen LogP) is 1.79. The summed E-state index contributed by atoms with van der Waals surface area (Å²) in [4.78, 5) is 19.9. The molecule has 1 amide bonds. The molecule has 1 aromatic carbocycles. The van der Waals surface area contributed by atoms with E-state index in [1.165, 1.54) is 0 Å². The Hall–Kier alpha value is -1.97. The first kappa shape index (κ1) is 22.2. The highest BCUT2D eigenvalue weighted by molar-refractivity contribution is 7.91. The average molecular weight is 449 g/mol. The van der Waals surface area contributed by atoms with E-state index in [2.05, 4.69) is 29.0 Å². The number of rotatable bonds is 6. The largest absolute Gasteiger partial charge is 0.379 e. The second kappa shape index (κ2) is 8.88. The van der Waals surface area contributed by atoms with Crippen LogP contribution in [0.2, 0.25) is 0 Å². The standard InChI is InChI=1S/C22H32N4O4S/c1-15(2)21(25-7-9-30-10-8-25)13-23-22(27)17-4-5-20-19(12-17)24-16(3)26(20)18-6-11-31(28,29)14-18/h4-5,12,15,18,21H,6-11,13-14H2,1-3H3,(H,23,27). The molecule has 1 aromatic heterocycles. The van der Waals surface area contributed by atoms with Gasteiger partial charge in [0.15, 0.2) is 9.84 Å². The molecule has 2 atom stereocenters. The summed E-state index contributed by atoms with van der Waals surface area (Å²) in [6.07, 6.45) is 0.606. The number of hydrogen-bond acceptors (Lipinski definition) is 6. The van der Waals surface area contributed by atoms with Crippen molar-refractivity contribution < 1.29 is 17.9 Å². The molecule has 0 aliphatic carbocycles. The van der Waals surface area contributed by atoms with E-state index < -0.39 is 9.84 Å². The zero-order valence-electron chi connectivity index (χ0n) is 18.5. The third kappa shape index (κ3) is 4.78. The molecule has 1 N–H and O–H groups in total. The van der Waals surface area contributed by atoms with Crippen LogP contribution in [0.15, 0.2) is 18.2 Å². The van der Waals surface area contributed by atoms with Crippen LogP contribution in [0.3, 0.4) is 0 Å². The first-order chi connectivity index (χ1) is 14.7. The molecule has 2 aliphatic heterocycles. The van der Waals surface area contributed by atoms with Crippen molar-refractivity contribution in [1.29, 1.82) is 0 Å². The maximum atomic E-state index is 12.9. The van der Waals surface area contributed by atoms with Crippen LogP contribution in [0.4, 0.5) is 0 Å². The van der Waals surface area contributed by atoms with Crippen molar-refractivity contribution in [3.05, 3.63) is 29.6 Å². The van der Waals surface area contributed by atoms with Crippen LogP contribution in [0.25, 0.3) is 11.0 Å². The Bertz CT molecular complexity index is 1060. The number of aromatic nitrogens is 2. The number of nitrogens with one attached hydrogen (secondary N) is 1. The van der Waals surface area contributed by atoms with Gasteiger partial charge in [0.1, 0.15) is 5.82 Å². The Labute approximate surface area is 183 Å². The van der Waals surface area contributed by atoms with E-state index in [1.54, 1.807) is 12.1 Å². The van der Waals surface area contributed by atoms with Gasteiger partial charge < -0.3 is 14.6 Å². The molecule has 2 saturated heterocycles. The van der Waals surface area contributed by atoms with Crippen molar-refractivity contribution in [1.82, 2.24) is 19.8 Å². The van der Waals surface area contributed by atoms with E-state index in [9.17, 15) is 13.2 Å². The first-order valence-corrected chi connectivity index (χ1v) is 12.9. The van der Waals surface area contributed by atoms with Gasteiger partial charge in [-0.05, 0) is 37.5 Å². The second-order valence-corrected chi connectivity index (χ2v) is 11.2. The molecule has 3 heterocycles. The maximum absolute atomic E-state index is 12.9. The van der Waals surface area contributed by atoms with Gasteiger partial charge >= 0.3 is 0 Å². The number of carbonyl (C=O) groups is 1. The number of fused-ring (bicyclic) bond motifs is 1. The average Bonchev–Trinajstić information content (AvgIpc) is 3.25. The van der Waals surface area contributed by atoms with Gasteiger partial charge in [0.25, 0.3) is 5.91 Å². The fourth-order valence-electron chi connectivity index (χ4n) is 4.80. The van der Waals surface area contributed by atoms with E-state index in [0.29, 0.717) is 24.4 Å². The number of benzene rings is 1. The van der Waals surface area contributed by atoms with Gasteiger partial charge in [0.05, 0.1) is 41.8 Å². The molecule has 4 rings (SSSR count). The zero-order chi connectivity index (χ0) is 22.2. The molecule has 0 bridgehead atoms. The van der Waals surface area contributed by atoms with Crippen LogP contribution in [-0.2, 0) is 14.6 Å². The van der Waals surface area contributed by atoms with E-state index in [0.717, 1.165) is 43.2 Å². The third-order valence-corrected chi connectivity index (χ3v) is 8.21. The van der Waals surface area contributed by atoms with Crippen LogP contribution in [0.5, 0.6) is 0 Å². The van der Waals surface area contributed by atoms with Gasteiger partial charge in [-0.2, -0.15) is 0 Å². The van der Waals surface area contributed by atoms with Crippen molar-refractivity contribution >= 4 is 26.8 Å². The van der Waals surface area contributed by atoms with E-state index in [-0.39, 0.29) is 29.5 Å². The topological polar surface area (TPSA) is 93.5 Å². The van der Waals surface area contributed by atoms with E-state index in [1.807, 2.05) is 17.6 Å². The number of amides is 1. The normalized spacial score (nSPS) is 22.8. The van der Waals surface area contributed by atoms with Gasteiger partial charge in [0, 0.05) is 31.2 Å².